The Bertz CT molecular complexity index is 529. The molecule has 0 aromatic carbocycles. The molecule has 2 heterocycles. The number of H-pyrrole nitrogens is 1. The van der Waals surface area contributed by atoms with E-state index in [1.807, 2.05) is 19.3 Å². The Morgan fingerprint density at radius 3 is 2.94 bits per heavy atom. The summed E-state index contributed by atoms with van der Waals surface area (Å²) in [7, 11) is 1.83. The van der Waals surface area contributed by atoms with Gasteiger partial charge in [0.25, 0.3) is 0 Å². The van der Waals surface area contributed by atoms with Crippen molar-refractivity contribution in [3.05, 3.63) is 12.3 Å². The van der Waals surface area contributed by atoms with Crippen LogP contribution in [-0.2, 0) is 0 Å². The smallest absolute Gasteiger partial charge is 0.226 e. The Morgan fingerprint density at radius 1 is 1.41 bits per heavy atom. The summed E-state index contributed by atoms with van der Waals surface area (Å²) in [6.07, 6.45) is 4.55. The van der Waals surface area contributed by atoms with Gasteiger partial charge in [-0.1, -0.05) is 0 Å². The monoisotopic (exact) mass is 231 g/mol. The molecule has 3 N–H and O–H groups in total. The fraction of sp³-hybridized carbons (Fsp3) is 0.500. The number of fused-ring (bicyclic) bond motifs is 1. The van der Waals surface area contributed by atoms with Crippen LogP contribution in [0, 0.1) is 5.92 Å². The van der Waals surface area contributed by atoms with Crippen molar-refractivity contribution in [1.82, 2.24) is 15.0 Å². The molecule has 0 aliphatic heterocycles. The molecule has 1 aliphatic carbocycles. The molecule has 1 fully saturated rings. The fourth-order valence-corrected chi connectivity index (χ4v) is 2.09. The minimum Gasteiger partial charge on any atom is -0.367 e. The molecule has 0 saturated heterocycles. The van der Waals surface area contributed by atoms with E-state index >= 15 is 0 Å². The number of nitrogens with zero attached hydrogens (tertiary/aromatic N) is 2. The number of hydrogen-bond acceptors (Lipinski definition) is 4. The zero-order valence-electron chi connectivity index (χ0n) is 10.1. The zero-order valence-corrected chi connectivity index (χ0v) is 10.1. The molecule has 2 aromatic heterocycles. The van der Waals surface area contributed by atoms with E-state index < -0.39 is 0 Å². The molecular weight excluding hydrogens is 214 g/mol. The van der Waals surface area contributed by atoms with Gasteiger partial charge in [-0.3, -0.25) is 0 Å². The maximum Gasteiger partial charge on any atom is 0.226 e. The van der Waals surface area contributed by atoms with Crippen LogP contribution in [0.25, 0.3) is 11.0 Å². The Labute approximate surface area is 100 Å². The predicted molar refractivity (Wildman–Crippen MR) is 69.2 cm³/mol. The maximum atomic E-state index is 4.49. The SMILES string of the molecule is CNc1nc(NC(C)C2CC2)c2cc[nH]c2n1. The first-order valence-electron chi connectivity index (χ1n) is 6.07. The second kappa shape index (κ2) is 3.91. The van der Waals surface area contributed by atoms with Crippen molar-refractivity contribution in [2.24, 2.45) is 5.92 Å². The fourth-order valence-electron chi connectivity index (χ4n) is 2.09. The topological polar surface area (TPSA) is 65.6 Å². The second-order valence-electron chi connectivity index (χ2n) is 4.66. The third kappa shape index (κ3) is 1.92. The zero-order chi connectivity index (χ0) is 11.8. The van der Waals surface area contributed by atoms with E-state index in [1.54, 1.807) is 0 Å². The van der Waals surface area contributed by atoms with Gasteiger partial charge in [0.2, 0.25) is 5.95 Å². The lowest BCUT2D eigenvalue weighted by molar-refractivity contribution is 0.691. The predicted octanol–water partition coefficient (Wildman–Crippen LogP) is 2.21. The minimum atomic E-state index is 0.479. The lowest BCUT2D eigenvalue weighted by atomic mass is 10.2. The van der Waals surface area contributed by atoms with Gasteiger partial charge in [0.1, 0.15) is 11.5 Å². The van der Waals surface area contributed by atoms with E-state index in [2.05, 4.69) is 32.5 Å². The molecule has 0 radical (unpaired) electrons. The highest BCUT2D eigenvalue weighted by Gasteiger charge is 2.28. The van der Waals surface area contributed by atoms with Crippen molar-refractivity contribution in [3.8, 4) is 0 Å². The van der Waals surface area contributed by atoms with Gasteiger partial charge in [0.15, 0.2) is 0 Å². The molecule has 1 atom stereocenters. The summed E-state index contributed by atoms with van der Waals surface area (Å²) in [5, 5.41) is 7.53. The lowest BCUT2D eigenvalue weighted by Crippen LogP contribution is -2.18. The molecule has 5 heteroatoms. The van der Waals surface area contributed by atoms with Crippen LogP contribution >= 0.6 is 0 Å². The summed E-state index contributed by atoms with van der Waals surface area (Å²) >= 11 is 0. The van der Waals surface area contributed by atoms with E-state index in [-0.39, 0.29) is 0 Å². The van der Waals surface area contributed by atoms with Crippen LogP contribution in [0.1, 0.15) is 19.8 Å². The highest BCUT2D eigenvalue weighted by Crippen LogP contribution is 2.34. The van der Waals surface area contributed by atoms with Crippen LogP contribution in [0.4, 0.5) is 11.8 Å². The van der Waals surface area contributed by atoms with Crippen LogP contribution in [0.3, 0.4) is 0 Å². The highest BCUT2D eigenvalue weighted by atomic mass is 15.2. The summed E-state index contributed by atoms with van der Waals surface area (Å²) in [5.41, 5.74) is 0.870. The number of hydrogen-bond donors (Lipinski definition) is 3. The third-order valence-electron chi connectivity index (χ3n) is 3.33. The normalized spacial score (nSPS) is 17.1. The summed E-state index contributed by atoms with van der Waals surface area (Å²) in [6, 6.07) is 2.49. The molecule has 1 aliphatic rings. The largest absolute Gasteiger partial charge is 0.367 e. The van der Waals surface area contributed by atoms with Crippen molar-refractivity contribution < 1.29 is 0 Å². The Morgan fingerprint density at radius 2 is 2.24 bits per heavy atom. The summed E-state index contributed by atoms with van der Waals surface area (Å²) < 4.78 is 0. The first-order valence-corrected chi connectivity index (χ1v) is 6.07. The van der Waals surface area contributed by atoms with Gasteiger partial charge < -0.3 is 15.6 Å². The van der Waals surface area contributed by atoms with Gasteiger partial charge in [-0.25, -0.2) is 0 Å². The van der Waals surface area contributed by atoms with E-state index in [1.165, 1.54) is 12.8 Å². The molecule has 1 saturated carbocycles. The Balaban J connectivity index is 1.97. The number of nitrogens with one attached hydrogen (secondary N) is 3. The highest BCUT2D eigenvalue weighted by molar-refractivity contribution is 5.88. The van der Waals surface area contributed by atoms with Crippen molar-refractivity contribution in [3.63, 3.8) is 0 Å². The first kappa shape index (κ1) is 10.4. The molecule has 0 spiro atoms. The Hall–Kier alpha value is -1.78. The van der Waals surface area contributed by atoms with Gasteiger partial charge >= 0.3 is 0 Å². The molecule has 90 valence electrons. The minimum absolute atomic E-state index is 0.479. The number of anilines is 2. The second-order valence-corrected chi connectivity index (χ2v) is 4.66. The average molecular weight is 231 g/mol. The molecular formula is C12H17N5. The van der Waals surface area contributed by atoms with Crippen molar-refractivity contribution in [2.45, 2.75) is 25.8 Å². The molecule has 3 rings (SSSR count). The molecule has 0 amide bonds. The maximum absolute atomic E-state index is 4.49. The van der Waals surface area contributed by atoms with E-state index in [9.17, 15) is 0 Å². The van der Waals surface area contributed by atoms with E-state index in [0.717, 1.165) is 22.8 Å². The standard InChI is InChI=1S/C12H17N5/c1-7(8-3-4-8)15-11-9-5-6-14-10(9)16-12(13-2)17-11/h5-8H,3-4H2,1-2H3,(H3,13,14,15,16,17). The van der Waals surface area contributed by atoms with Crippen LogP contribution < -0.4 is 10.6 Å². The van der Waals surface area contributed by atoms with Crippen LogP contribution in [0.5, 0.6) is 0 Å². The van der Waals surface area contributed by atoms with Gasteiger partial charge in [-0.15, -0.1) is 0 Å². The summed E-state index contributed by atoms with van der Waals surface area (Å²) in [4.78, 5) is 12.0. The summed E-state index contributed by atoms with van der Waals surface area (Å²) in [5.74, 6) is 2.36. The first-order chi connectivity index (χ1) is 8.28. The number of aromatic amines is 1. The van der Waals surface area contributed by atoms with E-state index in [4.69, 9.17) is 0 Å². The molecule has 2 aromatic rings. The average Bonchev–Trinajstić information content (AvgIpc) is 3.07. The molecule has 17 heavy (non-hydrogen) atoms. The van der Waals surface area contributed by atoms with Gasteiger partial charge in [0, 0.05) is 19.3 Å². The van der Waals surface area contributed by atoms with Crippen LogP contribution in [0.2, 0.25) is 0 Å². The van der Waals surface area contributed by atoms with E-state index in [0.29, 0.717) is 12.0 Å². The number of rotatable bonds is 4. The van der Waals surface area contributed by atoms with Gasteiger partial charge in [-0.2, -0.15) is 9.97 Å². The van der Waals surface area contributed by atoms with Gasteiger partial charge in [-0.05, 0) is 31.7 Å². The van der Waals surface area contributed by atoms with Crippen LogP contribution in [0.15, 0.2) is 12.3 Å². The quantitative estimate of drug-likeness (QED) is 0.754. The molecule has 0 bridgehead atoms. The summed E-state index contributed by atoms with van der Waals surface area (Å²) in [6.45, 7) is 2.22. The van der Waals surface area contributed by atoms with Crippen molar-refractivity contribution >= 4 is 22.8 Å². The molecule has 1 unspecified atom stereocenters. The van der Waals surface area contributed by atoms with Crippen molar-refractivity contribution in [2.75, 3.05) is 17.7 Å². The Kier molecular flexibility index (Phi) is 2.39. The van der Waals surface area contributed by atoms with Gasteiger partial charge in [0.05, 0.1) is 5.39 Å². The van der Waals surface area contributed by atoms with Crippen LogP contribution in [-0.4, -0.2) is 28.0 Å². The lowest BCUT2D eigenvalue weighted by Gasteiger charge is -2.14. The number of aromatic nitrogens is 3. The third-order valence-corrected chi connectivity index (χ3v) is 3.33. The van der Waals surface area contributed by atoms with Crippen molar-refractivity contribution in [1.29, 1.82) is 0 Å². The molecule has 5 nitrogen and oxygen atoms in total.